The molecule has 0 bridgehead atoms. The van der Waals surface area contributed by atoms with Gasteiger partial charge in [0.05, 0.1) is 11.0 Å². The van der Waals surface area contributed by atoms with Crippen molar-refractivity contribution in [1.82, 2.24) is 14.5 Å². The Balaban J connectivity index is 1.27. The molecule has 1 spiro atoms. The van der Waals surface area contributed by atoms with Gasteiger partial charge in [0.15, 0.2) is 0 Å². The quantitative estimate of drug-likeness (QED) is 0.920. The summed E-state index contributed by atoms with van der Waals surface area (Å²) in [6, 6.07) is 8.43. The van der Waals surface area contributed by atoms with E-state index in [1.54, 1.807) is 0 Å². The fraction of sp³-hybridized carbons (Fsp3) is 0.667. The minimum atomic E-state index is 0.0591. The Morgan fingerprint density at radius 3 is 2.64 bits per heavy atom. The molecule has 1 aromatic heterocycles. The zero-order valence-corrected chi connectivity index (χ0v) is 15.0. The second-order valence-corrected chi connectivity index (χ2v) is 8.65. The van der Waals surface area contributed by atoms with E-state index in [1.807, 2.05) is 22.8 Å². The normalized spacial score (nSPS) is 27.1. The largest absolute Gasteiger partial charge is 0.326 e. The lowest BCUT2D eigenvalue weighted by Crippen LogP contribution is -2.41. The molecule has 1 aliphatic heterocycles. The predicted octanol–water partition coefficient (Wildman–Crippen LogP) is 3.94. The smallest absolute Gasteiger partial charge is 0.306 e. The highest BCUT2D eigenvalue weighted by atomic mass is 16.1. The molecule has 1 atom stereocenters. The number of aromatic nitrogens is 2. The summed E-state index contributed by atoms with van der Waals surface area (Å²) in [5.74, 6) is 0.939. The van der Waals surface area contributed by atoms with Gasteiger partial charge in [-0.1, -0.05) is 25.0 Å². The van der Waals surface area contributed by atoms with Gasteiger partial charge >= 0.3 is 5.69 Å². The Labute approximate surface area is 149 Å². The summed E-state index contributed by atoms with van der Waals surface area (Å²) in [5.41, 5.74) is 2.83. The van der Waals surface area contributed by atoms with E-state index < -0.39 is 0 Å². The van der Waals surface area contributed by atoms with Crippen LogP contribution in [0.4, 0.5) is 0 Å². The molecule has 0 radical (unpaired) electrons. The van der Waals surface area contributed by atoms with Crippen molar-refractivity contribution < 1.29 is 0 Å². The molecular formula is C21H29N3O. The first kappa shape index (κ1) is 15.7. The van der Waals surface area contributed by atoms with Crippen LogP contribution in [0.15, 0.2) is 29.1 Å². The predicted molar refractivity (Wildman–Crippen MR) is 101 cm³/mol. The number of rotatable bonds is 3. The number of nitrogens with one attached hydrogen (secondary N) is 1. The molecular weight excluding hydrogens is 310 g/mol. The van der Waals surface area contributed by atoms with Crippen molar-refractivity contribution in [3.05, 3.63) is 34.7 Å². The highest BCUT2D eigenvalue weighted by Gasteiger charge is 2.50. The van der Waals surface area contributed by atoms with Crippen LogP contribution in [0.25, 0.3) is 11.0 Å². The number of fused-ring (bicyclic) bond motifs is 1. The lowest BCUT2D eigenvalue weighted by atomic mass is 9.76. The lowest BCUT2D eigenvalue weighted by Gasteiger charge is -2.39. The van der Waals surface area contributed by atoms with Gasteiger partial charge in [0.25, 0.3) is 0 Å². The van der Waals surface area contributed by atoms with Gasteiger partial charge < -0.3 is 9.88 Å². The highest BCUT2D eigenvalue weighted by Crippen LogP contribution is 2.59. The lowest BCUT2D eigenvalue weighted by molar-refractivity contribution is 0.108. The molecule has 4 heteroatoms. The van der Waals surface area contributed by atoms with Crippen molar-refractivity contribution in [2.75, 3.05) is 19.6 Å². The monoisotopic (exact) mass is 339 g/mol. The van der Waals surface area contributed by atoms with E-state index in [-0.39, 0.29) is 5.69 Å². The minimum absolute atomic E-state index is 0.0591. The highest BCUT2D eigenvalue weighted by molar-refractivity contribution is 5.75. The molecule has 5 rings (SSSR count). The summed E-state index contributed by atoms with van der Waals surface area (Å²) < 4.78 is 2.01. The molecule has 2 aromatic rings. The van der Waals surface area contributed by atoms with Crippen LogP contribution in [0.3, 0.4) is 0 Å². The van der Waals surface area contributed by atoms with E-state index in [1.165, 1.54) is 45.1 Å². The third kappa shape index (κ3) is 2.75. The average molecular weight is 339 g/mol. The Morgan fingerprint density at radius 2 is 1.84 bits per heavy atom. The third-order valence-electron chi connectivity index (χ3n) is 7.26. The summed E-state index contributed by atoms with van der Waals surface area (Å²) in [5, 5.41) is 0. The van der Waals surface area contributed by atoms with Gasteiger partial charge in [-0.15, -0.1) is 0 Å². The zero-order chi connectivity index (χ0) is 16.9. The number of aromatic amines is 1. The van der Waals surface area contributed by atoms with Crippen LogP contribution in [-0.2, 0) is 0 Å². The number of H-pyrrole nitrogens is 1. The molecule has 1 unspecified atom stereocenters. The van der Waals surface area contributed by atoms with Crippen molar-refractivity contribution in [3.63, 3.8) is 0 Å². The van der Waals surface area contributed by atoms with Crippen LogP contribution < -0.4 is 5.69 Å². The van der Waals surface area contributed by atoms with Crippen molar-refractivity contribution >= 4 is 11.0 Å². The summed E-state index contributed by atoms with van der Waals surface area (Å²) >= 11 is 0. The molecule has 3 fully saturated rings. The summed E-state index contributed by atoms with van der Waals surface area (Å²) in [6.45, 7) is 3.59. The number of likely N-dealkylation sites (tertiary alicyclic amines) is 1. The van der Waals surface area contributed by atoms with Gasteiger partial charge in [-0.2, -0.15) is 0 Å². The standard InChI is InChI=1S/C21H29N3O/c25-20-22-18-6-1-2-7-19(18)24(20)17-8-13-23(14-9-17)15-16-5-3-4-10-21(16)11-12-21/h1-2,6-7,16-17H,3-5,8-15H2,(H,22,25). The minimum Gasteiger partial charge on any atom is -0.306 e. The van der Waals surface area contributed by atoms with E-state index in [0.29, 0.717) is 6.04 Å². The molecule has 2 saturated carbocycles. The molecule has 3 aliphatic rings. The topological polar surface area (TPSA) is 41.0 Å². The van der Waals surface area contributed by atoms with Crippen LogP contribution >= 0.6 is 0 Å². The molecule has 1 aromatic carbocycles. The number of hydrogen-bond donors (Lipinski definition) is 1. The molecule has 134 valence electrons. The Kier molecular flexibility index (Phi) is 3.77. The molecule has 2 aliphatic carbocycles. The molecule has 25 heavy (non-hydrogen) atoms. The van der Waals surface area contributed by atoms with Gasteiger partial charge in [-0.05, 0) is 62.0 Å². The van der Waals surface area contributed by atoms with Crippen LogP contribution in [-0.4, -0.2) is 34.1 Å². The maximum Gasteiger partial charge on any atom is 0.326 e. The van der Waals surface area contributed by atoms with Crippen molar-refractivity contribution in [2.24, 2.45) is 11.3 Å². The third-order valence-corrected chi connectivity index (χ3v) is 7.26. The number of piperidine rings is 1. The van der Waals surface area contributed by atoms with E-state index in [4.69, 9.17) is 0 Å². The summed E-state index contributed by atoms with van der Waals surface area (Å²) in [4.78, 5) is 18.1. The van der Waals surface area contributed by atoms with E-state index in [2.05, 4.69) is 16.0 Å². The fourth-order valence-corrected chi connectivity index (χ4v) is 5.59. The van der Waals surface area contributed by atoms with Gasteiger partial charge in [0.2, 0.25) is 0 Å². The first-order chi connectivity index (χ1) is 12.3. The van der Waals surface area contributed by atoms with Gasteiger partial charge in [-0.3, -0.25) is 4.57 Å². The van der Waals surface area contributed by atoms with Gasteiger partial charge in [-0.25, -0.2) is 4.79 Å². The van der Waals surface area contributed by atoms with Crippen molar-refractivity contribution in [2.45, 2.75) is 57.4 Å². The van der Waals surface area contributed by atoms with Crippen LogP contribution in [0.5, 0.6) is 0 Å². The molecule has 2 heterocycles. The summed E-state index contributed by atoms with van der Waals surface area (Å²) in [7, 11) is 0. The summed E-state index contributed by atoms with van der Waals surface area (Å²) in [6.07, 6.45) is 11.0. The number of nitrogens with zero attached hydrogens (tertiary/aromatic N) is 2. The van der Waals surface area contributed by atoms with Crippen LogP contribution in [0.1, 0.15) is 57.4 Å². The number of imidazole rings is 1. The van der Waals surface area contributed by atoms with Crippen molar-refractivity contribution in [1.29, 1.82) is 0 Å². The van der Waals surface area contributed by atoms with Crippen molar-refractivity contribution in [3.8, 4) is 0 Å². The Bertz CT molecular complexity index is 808. The second-order valence-electron chi connectivity index (χ2n) is 8.65. The maximum absolute atomic E-state index is 12.4. The molecule has 1 saturated heterocycles. The molecule has 1 N–H and O–H groups in total. The first-order valence-corrected chi connectivity index (χ1v) is 10.2. The first-order valence-electron chi connectivity index (χ1n) is 10.2. The SMILES string of the molecule is O=c1[nH]c2ccccc2n1C1CCN(CC2CCCCC23CC3)CC1. The Morgan fingerprint density at radius 1 is 1.04 bits per heavy atom. The average Bonchev–Trinajstić information content (AvgIpc) is 3.32. The van der Waals surface area contributed by atoms with Crippen LogP contribution in [0, 0.1) is 11.3 Å². The second kappa shape index (κ2) is 6.01. The van der Waals surface area contributed by atoms with E-state index in [9.17, 15) is 4.79 Å². The number of hydrogen-bond acceptors (Lipinski definition) is 2. The number of para-hydroxylation sites is 2. The molecule has 4 nitrogen and oxygen atoms in total. The van der Waals surface area contributed by atoms with Gasteiger partial charge in [0, 0.05) is 25.7 Å². The zero-order valence-electron chi connectivity index (χ0n) is 15.0. The van der Waals surface area contributed by atoms with E-state index >= 15 is 0 Å². The Hall–Kier alpha value is -1.55. The number of benzene rings is 1. The van der Waals surface area contributed by atoms with Crippen LogP contribution in [0.2, 0.25) is 0 Å². The van der Waals surface area contributed by atoms with Gasteiger partial charge in [0.1, 0.15) is 0 Å². The van der Waals surface area contributed by atoms with E-state index in [0.717, 1.165) is 48.3 Å². The fourth-order valence-electron chi connectivity index (χ4n) is 5.59. The maximum atomic E-state index is 12.4. The molecule has 0 amide bonds.